The van der Waals surface area contributed by atoms with Crippen molar-refractivity contribution in [2.24, 2.45) is 16.6 Å². The van der Waals surface area contributed by atoms with Crippen LogP contribution in [0.4, 0.5) is 11.6 Å². The van der Waals surface area contributed by atoms with Gasteiger partial charge in [-0.2, -0.15) is 4.98 Å². The second-order valence-corrected chi connectivity index (χ2v) is 9.53. The van der Waals surface area contributed by atoms with Crippen molar-refractivity contribution in [3.8, 4) is 5.88 Å². The normalized spacial score (nSPS) is 18.9. The molecule has 0 radical (unpaired) electrons. The fourth-order valence-electron chi connectivity index (χ4n) is 3.46. The van der Waals surface area contributed by atoms with Crippen LogP contribution in [-0.4, -0.2) is 73.0 Å². The van der Waals surface area contributed by atoms with E-state index in [2.05, 4.69) is 37.5 Å². The topological polar surface area (TPSA) is 127 Å². The molecule has 1 aromatic carbocycles. The van der Waals surface area contributed by atoms with Crippen LogP contribution in [0.1, 0.15) is 23.2 Å². The summed E-state index contributed by atoms with van der Waals surface area (Å²) in [4.78, 5) is 28.3. The Bertz CT molecular complexity index is 1120. The van der Waals surface area contributed by atoms with Gasteiger partial charge >= 0.3 is 0 Å². The lowest BCUT2D eigenvalue weighted by molar-refractivity contribution is -0.0135. The summed E-state index contributed by atoms with van der Waals surface area (Å²) >= 11 is 12.4. The largest absolute Gasteiger partial charge is 0.477 e. The molecule has 0 bridgehead atoms. The minimum Gasteiger partial charge on any atom is -0.477 e. The highest BCUT2D eigenvalue weighted by atomic mass is 35.5. The molecular weight excluding hydrogens is 505 g/mol. The number of amides is 1. The minimum atomic E-state index is -0.490. The maximum absolute atomic E-state index is 13.0. The summed E-state index contributed by atoms with van der Waals surface area (Å²) in [7, 11) is 2.05. The van der Waals surface area contributed by atoms with Crippen LogP contribution in [0.3, 0.4) is 0 Å². The third-order valence-corrected chi connectivity index (χ3v) is 6.30. The van der Waals surface area contributed by atoms with Crippen molar-refractivity contribution in [3.63, 3.8) is 0 Å². The summed E-state index contributed by atoms with van der Waals surface area (Å²) in [5.41, 5.74) is 6.72. The van der Waals surface area contributed by atoms with Gasteiger partial charge < -0.3 is 30.7 Å². The summed E-state index contributed by atoms with van der Waals surface area (Å²) in [6.07, 6.45) is 6.56. The van der Waals surface area contributed by atoms with Gasteiger partial charge in [-0.15, -0.1) is 0 Å². The number of ether oxygens (including phenoxy) is 2. The summed E-state index contributed by atoms with van der Waals surface area (Å²) in [5.74, 6) is 0.325. The van der Waals surface area contributed by atoms with Crippen molar-refractivity contribution in [2.75, 3.05) is 50.5 Å². The van der Waals surface area contributed by atoms with Gasteiger partial charge in [0.05, 0.1) is 47.3 Å². The first-order valence-corrected chi connectivity index (χ1v) is 12.4. The number of carbonyl (C=O) groups excluding carboxylic acids is 1. The number of halogens is 2. The zero-order valence-electron chi connectivity index (χ0n) is 19.9. The smallest absolute Gasteiger partial charge is 0.262 e. The Kier molecular flexibility index (Phi) is 8.98. The first kappa shape index (κ1) is 26.2. The van der Waals surface area contributed by atoms with Crippen molar-refractivity contribution >= 4 is 47.0 Å². The molecule has 0 unspecified atom stereocenters. The van der Waals surface area contributed by atoms with E-state index in [1.165, 1.54) is 12.4 Å². The number of rotatable bonds is 10. The molecule has 2 aromatic rings. The fourth-order valence-corrected chi connectivity index (χ4v) is 3.96. The van der Waals surface area contributed by atoms with E-state index in [0.717, 1.165) is 25.9 Å². The van der Waals surface area contributed by atoms with E-state index in [1.54, 1.807) is 24.4 Å². The minimum absolute atomic E-state index is 0.0297. The SMILES string of the molecule is CN1CCO[C@H](CN=C/C(=C\N)Nc2ncc(C(=O)Nc3c(Cl)cccc3Cl)c(OCC3CC3)n2)C1. The Morgan fingerprint density at radius 2 is 2.11 bits per heavy atom. The number of anilines is 2. The standard InChI is InChI=1S/C24H29Cl2N7O3/c1-33-7-8-35-17(13-33)11-28-10-16(9-27)30-24-29-12-18(23(32-24)36-14-15-5-6-15)22(34)31-21-19(25)3-2-4-20(21)26/h2-4,9-10,12,15,17H,5-8,11,13-14,27H2,1H3,(H,31,34)(H,29,30,32)/b16-9+,28-10?/t17-/m1/s1. The maximum atomic E-state index is 13.0. The van der Waals surface area contributed by atoms with Crippen LogP contribution in [0.2, 0.25) is 10.0 Å². The van der Waals surface area contributed by atoms with Gasteiger partial charge in [0.1, 0.15) is 5.56 Å². The molecule has 1 saturated heterocycles. The van der Waals surface area contributed by atoms with Crippen molar-refractivity contribution in [3.05, 3.63) is 51.9 Å². The van der Waals surface area contributed by atoms with Crippen LogP contribution in [0.25, 0.3) is 0 Å². The molecule has 1 aromatic heterocycles. The van der Waals surface area contributed by atoms with Crippen LogP contribution < -0.4 is 21.1 Å². The molecule has 10 nitrogen and oxygen atoms in total. The number of nitrogens with zero attached hydrogens (tertiary/aromatic N) is 4. The van der Waals surface area contributed by atoms with E-state index in [-0.39, 0.29) is 23.5 Å². The zero-order chi connectivity index (χ0) is 25.5. The molecule has 36 heavy (non-hydrogen) atoms. The summed E-state index contributed by atoms with van der Waals surface area (Å²) in [6, 6.07) is 4.97. The Hall–Kier alpha value is -2.92. The second-order valence-electron chi connectivity index (χ2n) is 8.71. The number of nitrogens with two attached hydrogens (primary N) is 1. The number of allylic oxidation sites excluding steroid dienone is 1. The number of aliphatic imine (C=N–C) groups is 1. The number of likely N-dealkylation sites (N-methyl/N-ethyl adjacent to an activating group) is 1. The second kappa shape index (κ2) is 12.4. The lowest BCUT2D eigenvalue weighted by atomic mass is 10.2. The third kappa shape index (κ3) is 7.30. The Morgan fingerprint density at radius 1 is 1.33 bits per heavy atom. The van der Waals surface area contributed by atoms with Crippen LogP contribution in [-0.2, 0) is 4.74 Å². The molecule has 4 rings (SSSR count). The van der Waals surface area contributed by atoms with E-state index < -0.39 is 5.91 Å². The number of para-hydroxylation sites is 1. The van der Waals surface area contributed by atoms with E-state index in [9.17, 15) is 4.79 Å². The predicted molar refractivity (Wildman–Crippen MR) is 141 cm³/mol. The number of hydrogen-bond acceptors (Lipinski definition) is 9. The van der Waals surface area contributed by atoms with Crippen molar-refractivity contribution in [2.45, 2.75) is 18.9 Å². The van der Waals surface area contributed by atoms with Gasteiger partial charge in [-0.1, -0.05) is 29.3 Å². The molecule has 4 N–H and O–H groups in total. The van der Waals surface area contributed by atoms with Crippen LogP contribution in [0.15, 0.2) is 41.3 Å². The average Bonchev–Trinajstić information content (AvgIpc) is 3.69. The van der Waals surface area contributed by atoms with Gasteiger partial charge in [0.25, 0.3) is 5.91 Å². The molecule has 12 heteroatoms. The lowest BCUT2D eigenvalue weighted by Gasteiger charge is -2.28. The molecule has 2 heterocycles. The van der Waals surface area contributed by atoms with Gasteiger partial charge in [-0.3, -0.25) is 9.79 Å². The highest BCUT2D eigenvalue weighted by Crippen LogP contribution is 2.32. The monoisotopic (exact) mass is 533 g/mol. The highest BCUT2D eigenvalue weighted by molar-refractivity contribution is 6.40. The van der Waals surface area contributed by atoms with Gasteiger partial charge in [0.2, 0.25) is 11.8 Å². The van der Waals surface area contributed by atoms with Crippen LogP contribution >= 0.6 is 23.2 Å². The van der Waals surface area contributed by atoms with Crippen LogP contribution in [0, 0.1) is 5.92 Å². The van der Waals surface area contributed by atoms with E-state index in [1.807, 2.05) is 0 Å². The molecule has 1 aliphatic heterocycles. The number of benzene rings is 1. The fraction of sp³-hybridized carbons (Fsp3) is 0.417. The summed E-state index contributed by atoms with van der Waals surface area (Å²) in [6.45, 7) is 3.39. The molecule has 0 spiro atoms. The molecular formula is C24H29Cl2N7O3. The highest BCUT2D eigenvalue weighted by Gasteiger charge is 2.25. The average molecular weight is 534 g/mol. The zero-order valence-corrected chi connectivity index (χ0v) is 21.4. The molecule has 1 atom stereocenters. The summed E-state index contributed by atoms with van der Waals surface area (Å²) in [5, 5.41) is 6.37. The maximum Gasteiger partial charge on any atom is 0.262 e. The van der Waals surface area contributed by atoms with Gasteiger partial charge in [0.15, 0.2) is 0 Å². The molecule has 2 fully saturated rings. The van der Waals surface area contributed by atoms with Crippen molar-refractivity contribution in [1.29, 1.82) is 0 Å². The number of carbonyl (C=O) groups is 1. The van der Waals surface area contributed by atoms with Crippen molar-refractivity contribution in [1.82, 2.24) is 14.9 Å². The number of aromatic nitrogens is 2. The van der Waals surface area contributed by atoms with E-state index in [4.69, 9.17) is 38.4 Å². The summed E-state index contributed by atoms with van der Waals surface area (Å²) < 4.78 is 11.6. The van der Waals surface area contributed by atoms with Gasteiger partial charge in [-0.05, 0) is 37.9 Å². The molecule has 1 amide bonds. The Balaban J connectivity index is 1.46. The molecule has 1 saturated carbocycles. The number of morpholine rings is 1. The Labute approximate surface area is 219 Å². The molecule has 192 valence electrons. The Morgan fingerprint density at radius 3 is 2.81 bits per heavy atom. The van der Waals surface area contributed by atoms with Crippen LogP contribution in [0.5, 0.6) is 5.88 Å². The molecule has 2 aliphatic rings. The number of hydrogen-bond donors (Lipinski definition) is 3. The van der Waals surface area contributed by atoms with Gasteiger partial charge in [0, 0.05) is 31.7 Å². The molecule has 1 aliphatic carbocycles. The number of nitrogens with one attached hydrogen (secondary N) is 2. The first-order chi connectivity index (χ1) is 17.4. The predicted octanol–water partition coefficient (Wildman–Crippen LogP) is 3.44. The quantitative estimate of drug-likeness (QED) is 0.396. The third-order valence-electron chi connectivity index (χ3n) is 5.67. The van der Waals surface area contributed by atoms with Crippen molar-refractivity contribution < 1.29 is 14.3 Å². The van der Waals surface area contributed by atoms with Gasteiger partial charge in [-0.25, -0.2) is 4.98 Å². The van der Waals surface area contributed by atoms with E-state index >= 15 is 0 Å². The lowest BCUT2D eigenvalue weighted by Crippen LogP contribution is -2.41. The van der Waals surface area contributed by atoms with E-state index in [0.29, 0.717) is 47.1 Å². The first-order valence-electron chi connectivity index (χ1n) is 11.7.